The average molecular weight is 345 g/mol. The number of alkyl halides is 3. The quantitative estimate of drug-likeness (QED) is 0.764. The van der Waals surface area contributed by atoms with Gasteiger partial charge in [-0.05, 0) is 30.7 Å². The highest BCUT2D eigenvalue weighted by atomic mass is 19.4. The Hall–Kier alpha value is -2.96. The Bertz CT molecular complexity index is 886. The highest BCUT2D eigenvalue weighted by Gasteiger charge is 2.31. The first-order valence-corrected chi connectivity index (χ1v) is 7.79. The molecule has 0 saturated carbocycles. The predicted octanol–water partition coefficient (Wildman–Crippen LogP) is 4.41. The zero-order valence-corrected chi connectivity index (χ0v) is 13.0. The van der Waals surface area contributed by atoms with E-state index in [4.69, 9.17) is 0 Å². The molecule has 1 aliphatic rings. The van der Waals surface area contributed by atoms with Crippen molar-refractivity contribution < 1.29 is 17.9 Å². The van der Waals surface area contributed by atoms with Gasteiger partial charge in [-0.25, -0.2) is 4.68 Å². The number of benzene rings is 2. The van der Waals surface area contributed by atoms with Crippen LogP contribution in [-0.4, -0.2) is 22.7 Å². The van der Waals surface area contributed by atoms with E-state index in [0.717, 1.165) is 35.6 Å². The third-order valence-corrected chi connectivity index (χ3v) is 4.01. The minimum atomic E-state index is -4.70. The van der Waals surface area contributed by atoms with Crippen LogP contribution in [0.4, 0.5) is 19.0 Å². The molecule has 0 amide bonds. The van der Waals surface area contributed by atoms with Crippen LogP contribution in [0.15, 0.2) is 54.6 Å². The van der Waals surface area contributed by atoms with Crippen LogP contribution in [-0.2, 0) is 6.42 Å². The van der Waals surface area contributed by atoms with Crippen molar-refractivity contribution in [2.45, 2.75) is 12.8 Å². The molecule has 0 saturated heterocycles. The van der Waals surface area contributed by atoms with Gasteiger partial charge in [0.25, 0.3) is 0 Å². The summed E-state index contributed by atoms with van der Waals surface area (Å²) in [5.74, 6) is 0.625. The van der Waals surface area contributed by atoms with E-state index in [9.17, 15) is 13.2 Å². The summed E-state index contributed by atoms with van der Waals surface area (Å²) in [6, 6.07) is 15.5. The van der Waals surface area contributed by atoms with Crippen LogP contribution < -0.4 is 10.1 Å². The molecule has 0 radical (unpaired) electrons. The third kappa shape index (κ3) is 3.05. The molecule has 0 aliphatic carbocycles. The average Bonchev–Trinajstić information content (AvgIpc) is 3.17. The van der Waals surface area contributed by atoms with Crippen LogP contribution >= 0.6 is 0 Å². The van der Waals surface area contributed by atoms with Gasteiger partial charge in [0.2, 0.25) is 0 Å². The summed E-state index contributed by atoms with van der Waals surface area (Å²) >= 11 is 0. The van der Waals surface area contributed by atoms with E-state index in [1.807, 2.05) is 30.3 Å². The molecule has 0 atom stereocenters. The molecule has 1 N–H and O–H groups in total. The molecule has 1 aliphatic heterocycles. The van der Waals surface area contributed by atoms with Gasteiger partial charge in [-0.15, -0.1) is 13.2 Å². The zero-order valence-electron chi connectivity index (χ0n) is 13.0. The SMILES string of the molecule is FC(F)(F)Oc1ccc(-n2nc(-c3ccccc3)c3c2NCC3)cc1. The largest absolute Gasteiger partial charge is 0.573 e. The number of hydrogen-bond acceptors (Lipinski definition) is 3. The minimum Gasteiger partial charge on any atom is -0.406 e. The molecule has 4 rings (SSSR count). The van der Waals surface area contributed by atoms with Crippen molar-refractivity contribution in [3.63, 3.8) is 0 Å². The van der Waals surface area contributed by atoms with Crippen LogP contribution in [0.3, 0.4) is 0 Å². The number of hydrogen-bond donors (Lipinski definition) is 1. The Morgan fingerprint density at radius 3 is 2.40 bits per heavy atom. The Morgan fingerprint density at radius 1 is 1.00 bits per heavy atom. The number of nitrogens with one attached hydrogen (secondary N) is 1. The van der Waals surface area contributed by atoms with Gasteiger partial charge in [-0.2, -0.15) is 5.10 Å². The zero-order chi connectivity index (χ0) is 17.4. The lowest BCUT2D eigenvalue weighted by atomic mass is 10.1. The Morgan fingerprint density at radius 2 is 1.72 bits per heavy atom. The van der Waals surface area contributed by atoms with E-state index >= 15 is 0 Å². The smallest absolute Gasteiger partial charge is 0.406 e. The van der Waals surface area contributed by atoms with Crippen LogP contribution in [0.5, 0.6) is 5.75 Å². The van der Waals surface area contributed by atoms with Crippen LogP contribution in [0, 0.1) is 0 Å². The first-order chi connectivity index (χ1) is 12.0. The molecule has 0 fully saturated rings. The molecule has 2 heterocycles. The highest BCUT2D eigenvalue weighted by Crippen LogP contribution is 2.35. The summed E-state index contributed by atoms with van der Waals surface area (Å²) in [5, 5.41) is 7.97. The van der Waals surface area contributed by atoms with Gasteiger partial charge in [0.1, 0.15) is 11.6 Å². The molecule has 1 aromatic heterocycles. The maximum atomic E-state index is 12.3. The third-order valence-electron chi connectivity index (χ3n) is 4.01. The van der Waals surface area contributed by atoms with Crippen LogP contribution in [0.25, 0.3) is 16.9 Å². The van der Waals surface area contributed by atoms with Crippen molar-refractivity contribution in [3.8, 4) is 22.7 Å². The summed E-state index contributed by atoms with van der Waals surface area (Å²) in [5.41, 5.74) is 3.68. The van der Waals surface area contributed by atoms with Gasteiger partial charge in [-0.1, -0.05) is 30.3 Å². The molecule has 0 unspecified atom stereocenters. The second-order valence-electron chi connectivity index (χ2n) is 5.67. The first-order valence-electron chi connectivity index (χ1n) is 7.79. The van der Waals surface area contributed by atoms with E-state index in [1.54, 1.807) is 16.8 Å². The lowest BCUT2D eigenvalue weighted by molar-refractivity contribution is -0.274. The summed E-state index contributed by atoms with van der Waals surface area (Å²) in [7, 11) is 0. The number of halogens is 3. The van der Waals surface area contributed by atoms with Crippen LogP contribution in [0.2, 0.25) is 0 Å². The molecule has 7 heteroatoms. The van der Waals surface area contributed by atoms with Gasteiger partial charge >= 0.3 is 6.36 Å². The molecule has 128 valence electrons. The van der Waals surface area contributed by atoms with Crippen LogP contribution in [0.1, 0.15) is 5.56 Å². The molecule has 2 aromatic carbocycles. The Balaban J connectivity index is 1.72. The van der Waals surface area contributed by atoms with Gasteiger partial charge in [-0.3, -0.25) is 0 Å². The molecule has 0 bridgehead atoms. The molecular weight excluding hydrogens is 331 g/mol. The summed E-state index contributed by atoms with van der Waals surface area (Å²) in [4.78, 5) is 0. The molecule has 4 nitrogen and oxygen atoms in total. The Labute approximate surface area is 141 Å². The normalized spacial score (nSPS) is 13.4. The van der Waals surface area contributed by atoms with E-state index in [1.165, 1.54) is 12.1 Å². The highest BCUT2D eigenvalue weighted by molar-refractivity contribution is 5.72. The molecule has 0 spiro atoms. The van der Waals surface area contributed by atoms with E-state index in [-0.39, 0.29) is 5.75 Å². The van der Waals surface area contributed by atoms with Gasteiger partial charge in [0.15, 0.2) is 0 Å². The van der Waals surface area contributed by atoms with Crippen molar-refractivity contribution >= 4 is 5.82 Å². The maximum Gasteiger partial charge on any atom is 0.573 e. The summed E-state index contributed by atoms with van der Waals surface area (Å²) < 4.78 is 42.5. The fourth-order valence-electron chi connectivity index (χ4n) is 2.98. The minimum absolute atomic E-state index is 0.253. The van der Waals surface area contributed by atoms with E-state index in [0.29, 0.717) is 5.69 Å². The van der Waals surface area contributed by atoms with Crippen molar-refractivity contribution in [2.24, 2.45) is 0 Å². The monoisotopic (exact) mass is 345 g/mol. The number of nitrogens with zero attached hydrogens (tertiary/aromatic N) is 2. The number of ether oxygens (including phenoxy) is 1. The standard InChI is InChI=1S/C18H14F3N3O/c19-18(20,21)25-14-8-6-13(7-9-14)24-17-15(10-11-22-17)16(23-24)12-4-2-1-3-5-12/h1-9,22H,10-11H2. The van der Waals surface area contributed by atoms with Gasteiger partial charge < -0.3 is 10.1 Å². The molecule has 25 heavy (non-hydrogen) atoms. The Kier molecular flexibility index (Phi) is 3.63. The maximum absolute atomic E-state index is 12.3. The fourth-order valence-corrected chi connectivity index (χ4v) is 2.98. The molecule has 3 aromatic rings. The molecular formula is C18H14F3N3O. The second kappa shape index (κ2) is 5.84. The lowest BCUT2D eigenvalue weighted by Gasteiger charge is -2.10. The number of fused-ring (bicyclic) bond motifs is 1. The van der Waals surface area contributed by atoms with Gasteiger partial charge in [0, 0.05) is 17.7 Å². The second-order valence-corrected chi connectivity index (χ2v) is 5.67. The lowest BCUT2D eigenvalue weighted by Crippen LogP contribution is -2.17. The summed E-state index contributed by atoms with van der Waals surface area (Å²) in [6.07, 6.45) is -3.84. The van der Waals surface area contributed by atoms with E-state index in [2.05, 4.69) is 15.2 Å². The predicted molar refractivity (Wildman–Crippen MR) is 87.9 cm³/mol. The van der Waals surface area contributed by atoms with Crippen molar-refractivity contribution in [1.29, 1.82) is 0 Å². The van der Waals surface area contributed by atoms with Crippen molar-refractivity contribution in [2.75, 3.05) is 11.9 Å². The van der Waals surface area contributed by atoms with Crippen molar-refractivity contribution in [3.05, 3.63) is 60.2 Å². The first kappa shape index (κ1) is 15.6. The van der Waals surface area contributed by atoms with Gasteiger partial charge in [0.05, 0.1) is 11.4 Å². The van der Waals surface area contributed by atoms with Crippen molar-refractivity contribution in [1.82, 2.24) is 9.78 Å². The topological polar surface area (TPSA) is 39.1 Å². The number of anilines is 1. The summed E-state index contributed by atoms with van der Waals surface area (Å²) in [6.45, 7) is 0.808. The number of aromatic nitrogens is 2. The number of rotatable bonds is 3. The fraction of sp³-hybridized carbons (Fsp3) is 0.167. The van der Waals surface area contributed by atoms with E-state index < -0.39 is 6.36 Å².